The second-order valence-electron chi connectivity index (χ2n) is 4.84. The number of aryl methyl sites for hydroxylation is 1. The van der Waals surface area contributed by atoms with Crippen LogP contribution >= 0.6 is 11.6 Å². The van der Waals surface area contributed by atoms with Crippen LogP contribution in [0.5, 0.6) is 0 Å². The van der Waals surface area contributed by atoms with Crippen LogP contribution in [-0.2, 0) is 0 Å². The van der Waals surface area contributed by atoms with E-state index in [1.807, 2.05) is 24.9 Å². The summed E-state index contributed by atoms with van der Waals surface area (Å²) in [5, 5.41) is 3.95. The number of nitrogens with one attached hydrogen (secondary N) is 1. The zero-order valence-corrected chi connectivity index (χ0v) is 11.6. The van der Waals surface area contributed by atoms with E-state index in [4.69, 9.17) is 11.6 Å². The number of rotatable bonds is 2. The quantitative estimate of drug-likeness (QED) is 0.892. The van der Waals surface area contributed by atoms with Crippen molar-refractivity contribution in [2.24, 2.45) is 0 Å². The monoisotopic (exact) mass is 266 g/mol. The lowest BCUT2D eigenvalue weighted by Crippen LogP contribution is -2.46. The lowest BCUT2D eigenvalue weighted by Gasteiger charge is -2.32. The van der Waals surface area contributed by atoms with Gasteiger partial charge in [-0.1, -0.05) is 11.6 Å². The Bertz CT molecular complexity index is 447. The fourth-order valence-electron chi connectivity index (χ4n) is 2.36. The highest BCUT2D eigenvalue weighted by atomic mass is 35.5. The normalized spacial score (nSPS) is 19.9. The molecule has 4 heteroatoms. The Labute approximate surface area is 113 Å². The first-order valence-corrected chi connectivity index (χ1v) is 6.72. The Morgan fingerprint density at radius 2 is 2.28 bits per heavy atom. The molecule has 0 unspecified atom stereocenters. The van der Waals surface area contributed by atoms with Gasteiger partial charge in [0.15, 0.2) is 0 Å². The van der Waals surface area contributed by atoms with Crippen molar-refractivity contribution in [1.29, 1.82) is 0 Å². The number of nitrogens with zero attached hydrogens (tertiary/aromatic N) is 1. The van der Waals surface area contributed by atoms with Crippen LogP contribution in [0.25, 0.3) is 0 Å². The van der Waals surface area contributed by atoms with Crippen molar-refractivity contribution in [2.75, 3.05) is 20.1 Å². The van der Waals surface area contributed by atoms with Crippen molar-refractivity contribution in [3.8, 4) is 0 Å². The van der Waals surface area contributed by atoms with E-state index in [0.29, 0.717) is 11.1 Å². The molecule has 18 heavy (non-hydrogen) atoms. The first kappa shape index (κ1) is 13.4. The van der Waals surface area contributed by atoms with Gasteiger partial charge >= 0.3 is 0 Å². The van der Waals surface area contributed by atoms with Crippen molar-refractivity contribution < 1.29 is 4.79 Å². The van der Waals surface area contributed by atoms with Gasteiger partial charge in [0.1, 0.15) is 0 Å². The van der Waals surface area contributed by atoms with Gasteiger partial charge in [-0.2, -0.15) is 0 Å². The van der Waals surface area contributed by atoms with Crippen molar-refractivity contribution in [1.82, 2.24) is 10.2 Å². The molecule has 1 N–H and O–H groups in total. The molecular weight excluding hydrogens is 248 g/mol. The molecule has 1 aliphatic heterocycles. The third-order valence-corrected chi connectivity index (χ3v) is 3.95. The second kappa shape index (κ2) is 5.72. The van der Waals surface area contributed by atoms with Crippen LogP contribution in [-0.4, -0.2) is 37.0 Å². The minimum atomic E-state index is 0.106. The molecular formula is C14H19ClN2O. The third-order valence-electron chi connectivity index (χ3n) is 3.52. The van der Waals surface area contributed by atoms with E-state index in [-0.39, 0.29) is 5.91 Å². The number of halogens is 1. The minimum absolute atomic E-state index is 0.106. The molecule has 2 rings (SSSR count). The molecule has 1 aromatic carbocycles. The SMILES string of the molecule is CN[C@H]1CCCN(C(=O)c2ccc(Cl)c(C)c2)C1. The average molecular weight is 267 g/mol. The topological polar surface area (TPSA) is 32.3 Å². The predicted molar refractivity (Wildman–Crippen MR) is 74.2 cm³/mol. The van der Waals surface area contributed by atoms with Crippen LogP contribution in [0.15, 0.2) is 18.2 Å². The van der Waals surface area contributed by atoms with E-state index in [1.165, 1.54) is 0 Å². The standard InChI is InChI=1S/C14H19ClN2O/c1-10-8-11(5-6-13(10)15)14(18)17-7-3-4-12(9-17)16-2/h5-6,8,12,16H,3-4,7,9H2,1-2H3/t12-/m0/s1. The molecule has 0 spiro atoms. The number of amides is 1. The molecule has 1 amide bonds. The van der Waals surface area contributed by atoms with E-state index in [0.717, 1.165) is 37.1 Å². The summed E-state index contributed by atoms with van der Waals surface area (Å²) in [6.07, 6.45) is 2.20. The molecule has 1 atom stereocenters. The van der Waals surface area contributed by atoms with E-state index in [9.17, 15) is 4.79 Å². The fraction of sp³-hybridized carbons (Fsp3) is 0.500. The molecule has 0 bridgehead atoms. The molecule has 98 valence electrons. The zero-order chi connectivity index (χ0) is 13.1. The van der Waals surface area contributed by atoms with Crippen LogP contribution in [0.3, 0.4) is 0 Å². The summed E-state index contributed by atoms with van der Waals surface area (Å²) < 4.78 is 0. The highest BCUT2D eigenvalue weighted by molar-refractivity contribution is 6.31. The Kier molecular flexibility index (Phi) is 4.25. The highest BCUT2D eigenvalue weighted by Crippen LogP contribution is 2.19. The lowest BCUT2D eigenvalue weighted by atomic mass is 10.0. The molecule has 1 fully saturated rings. The molecule has 0 saturated carbocycles. The first-order chi connectivity index (χ1) is 8.61. The van der Waals surface area contributed by atoms with E-state index >= 15 is 0 Å². The fourth-order valence-corrected chi connectivity index (χ4v) is 2.48. The maximum Gasteiger partial charge on any atom is 0.253 e. The maximum atomic E-state index is 12.4. The summed E-state index contributed by atoms with van der Waals surface area (Å²) in [6.45, 7) is 3.56. The molecule has 0 radical (unpaired) electrons. The Morgan fingerprint density at radius 1 is 1.50 bits per heavy atom. The third kappa shape index (κ3) is 2.85. The number of piperidine rings is 1. The van der Waals surface area contributed by atoms with Gasteiger partial charge in [-0.15, -0.1) is 0 Å². The predicted octanol–water partition coefficient (Wildman–Crippen LogP) is 2.47. The number of likely N-dealkylation sites (N-methyl/N-ethyl adjacent to an activating group) is 1. The van der Waals surface area contributed by atoms with Crippen molar-refractivity contribution in [3.63, 3.8) is 0 Å². The van der Waals surface area contributed by atoms with Gasteiger partial charge in [-0.05, 0) is 50.6 Å². The number of carbonyl (C=O) groups excluding carboxylic acids is 1. The Hall–Kier alpha value is -1.06. The first-order valence-electron chi connectivity index (χ1n) is 6.34. The van der Waals surface area contributed by atoms with Crippen LogP contribution < -0.4 is 5.32 Å². The van der Waals surface area contributed by atoms with Gasteiger partial charge < -0.3 is 10.2 Å². The minimum Gasteiger partial charge on any atom is -0.337 e. The van der Waals surface area contributed by atoms with Gasteiger partial charge in [0, 0.05) is 29.7 Å². The van der Waals surface area contributed by atoms with Gasteiger partial charge in [0.05, 0.1) is 0 Å². The molecule has 1 saturated heterocycles. The van der Waals surface area contributed by atoms with Gasteiger partial charge in [-0.25, -0.2) is 0 Å². The molecule has 3 nitrogen and oxygen atoms in total. The lowest BCUT2D eigenvalue weighted by molar-refractivity contribution is 0.0698. The Morgan fingerprint density at radius 3 is 2.94 bits per heavy atom. The van der Waals surface area contributed by atoms with Crippen molar-refractivity contribution >= 4 is 17.5 Å². The van der Waals surface area contributed by atoms with Gasteiger partial charge in [0.2, 0.25) is 0 Å². The maximum absolute atomic E-state index is 12.4. The summed E-state index contributed by atoms with van der Waals surface area (Å²) in [6, 6.07) is 5.88. The molecule has 0 aromatic heterocycles. The summed E-state index contributed by atoms with van der Waals surface area (Å²) in [4.78, 5) is 14.3. The number of benzene rings is 1. The molecule has 1 aliphatic rings. The van der Waals surface area contributed by atoms with Gasteiger partial charge in [0.25, 0.3) is 5.91 Å². The van der Waals surface area contributed by atoms with Crippen LogP contribution in [0.2, 0.25) is 5.02 Å². The van der Waals surface area contributed by atoms with Crippen LogP contribution in [0.4, 0.5) is 0 Å². The van der Waals surface area contributed by atoms with E-state index < -0.39 is 0 Å². The summed E-state index contributed by atoms with van der Waals surface area (Å²) >= 11 is 5.98. The average Bonchev–Trinajstić information content (AvgIpc) is 2.41. The van der Waals surface area contributed by atoms with Gasteiger partial charge in [-0.3, -0.25) is 4.79 Å². The molecule has 0 aliphatic carbocycles. The van der Waals surface area contributed by atoms with Crippen LogP contribution in [0, 0.1) is 6.92 Å². The number of likely N-dealkylation sites (tertiary alicyclic amines) is 1. The van der Waals surface area contributed by atoms with Crippen molar-refractivity contribution in [3.05, 3.63) is 34.3 Å². The number of carbonyl (C=O) groups is 1. The molecule has 1 heterocycles. The summed E-state index contributed by atoms with van der Waals surface area (Å²) in [7, 11) is 1.95. The van der Waals surface area contributed by atoms with E-state index in [2.05, 4.69) is 5.32 Å². The summed E-state index contributed by atoms with van der Waals surface area (Å²) in [5.41, 5.74) is 1.68. The smallest absolute Gasteiger partial charge is 0.253 e. The zero-order valence-electron chi connectivity index (χ0n) is 10.9. The molecule has 1 aromatic rings. The van der Waals surface area contributed by atoms with Crippen molar-refractivity contribution in [2.45, 2.75) is 25.8 Å². The number of hydrogen-bond donors (Lipinski definition) is 1. The highest BCUT2D eigenvalue weighted by Gasteiger charge is 2.23. The largest absolute Gasteiger partial charge is 0.337 e. The summed E-state index contributed by atoms with van der Waals surface area (Å²) in [5.74, 6) is 0.106. The Balaban J connectivity index is 2.12. The van der Waals surface area contributed by atoms with Crippen LogP contribution in [0.1, 0.15) is 28.8 Å². The second-order valence-corrected chi connectivity index (χ2v) is 5.25. The number of hydrogen-bond acceptors (Lipinski definition) is 2. The van der Waals surface area contributed by atoms with E-state index in [1.54, 1.807) is 12.1 Å².